The standard InChI is InChI=1S/C11H22N2O2/c1-8(9-5-3-4-6-9)13-11(14)10(12)7-15-2/h8-10H,3-7,12H2,1-2H3,(H,13,14)/t8-,10?/m1/s1. The van der Waals surface area contributed by atoms with Crippen LogP contribution in [0.2, 0.25) is 0 Å². The van der Waals surface area contributed by atoms with Gasteiger partial charge in [-0.3, -0.25) is 4.79 Å². The smallest absolute Gasteiger partial charge is 0.239 e. The van der Waals surface area contributed by atoms with E-state index in [0.717, 1.165) is 0 Å². The molecule has 88 valence electrons. The van der Waals surface area contributed by atoms with Crippen molar-refractivity contribution in [3.8, 4) is 0 Å². The number of rotatable bonds is 5. The van der Waals surface area contributed by atoms with Crippen molar-refractivity contribution in [3.05, 3.63) is 0 Å². The Morgan fingerprint density at radius 1 is 1.53 bits per heavy atom. The summed E-state index contributed by atoms with van der Waals surface area (Å²) in [5.74, 6) is 0.528. The van der Waals surface area contributed by atoms with Crippen LogP contribution in [0, 0.1) is 5.92 Å². The zero-order valence-corrected chi connectivity index (χ0v) is 9.66. The monoisotopic (exact) mass is 214 g/mol. The van der Waals surface area contributed by atoms with Gasteiger partial charge < -0.3 is 15.8 Å². The molecule has 0 aliphatic heterocycles. The highest BCUT2D eigenvalue weighted by molar-refractivity contribution is 5.81. The Labute approximate surface area is 91.5 Å². The Morgan fingerprint density at radius 3 is 2.67 bits per heavy atom. The predicted octanol–water partition coefficient (Wildman–Crippen LogP) is 0.655. The average molecular weight is 214 g/mol. The molecule has 3 N–H and O–H groups in total. The third-order valence-electron chi connectivity index (χ3n) is 3.16. The number of ether oxygens (including phenoxy) is 1. The van der Waals surface area contributed by atoms with Crippen molar-refractivity contribution in [3.63, 3.8) is 0 Å². The first-order chi connectivity index (χ1) is 7.15. The van der Waals surface area contributed by atoms with E-state index in [4.69, 9.17) is 10.5 Å². The molecule has 0 aromatic heterocycles. The highest BCUT2D eigenvalue weighted by atomic mass is 16.5. The van der Waals surface area contributed by atoms with Gasteiger partial charge in [0.2, 0.25) is 5.91 Å². The fourth-order valence-electron chi connectivity index (χ4n) is 2.16. The number of nitrogens with one attached hydrogen (secondary N) is 1. The quantitative estimate of drug-likeness (QED) is 0.706. The van der Waals surface area contributed by atoms with E-state index in [9.17, 15) is 4.79 Å². The molecule has 1 fully saturated rings. The summed E-state index contributed by atoms with van der Waals surface area (Å²) in [6.07, 6.45) is 5.02. The molecule has 0 heterocycles. The Bertz CT molecular complexity index is 203. The second kappa shape index (κ2) is 6.08. The number of carbonyl (C=O) groups is 1. The van der Waals surface area contributed by atoms with Gasteiger partial charge in [0.15, 0.2) is 0 Å². The zero-order chi connectivity index (χ0) is 11.3. The summed E-state index contributed by atoms with van der Waals surface area (Å²) >= 11 is 0. The Hall–Kier alpha value is -0.610. The van der Waals surface area contributed by atoms with Crippen molar-refractivity contribution in [1.29, 1.82) is 0 Å². The van der Waals surface area contributed by atoms with Gasteiger partial charge in [0.25, 0.3) is 0 Å². The molecular weight excluding hydrogens is 192 g/mol. The average Bonchev–Trinajstić information content (AvgIpc) is 2.70. The molecule has 1 rings (SSSR count). The maximum Gasteiger partial charge on any atom is 0.239 e. The molecule has 2 atom stereocenters. The van der Waals surface area contributed by atoms with Crippen LogP contribution >= 0.6 is 0 Å². The van der Waals surface area contributed by atoms with Gasteiger partial charge in [-0.15, -0.1) is 0 Å². The first kappa shape index (κ1) is 12.5. The van der Waals surface area contributed by atoms with Gasteiger partial charge in [-0.2, -0.15) is 0 Å². The molecule has 1 saturated carbocycles. The fraction of sp³-hybridized carbons (Fsp3) is 0.909. The molecule has 0 aromatic rings. The van der Waals surface area contributed by atoms with Gasteiger partial charge in [-0.25, -0.2) is 0 Å². The number of hydrogen-bond donors (Lipinski definition) is 2. The topological polar surface area (TPSA) is 64.3 Å². The van der Waals surface area contributed by atoms with Crippen molar-refractivity contribution >= 4 is 5.91 Å². The lowest BCUT2D eigenvalue weighted by molar-refractivity contribution is -0.124. The molecule has 1 aliphatic rings. The molecule has 1 unspecified atom stereocenters. The summed E-state index contributed by atoms with van der Waals surface area (Å²) in [7, 11) is 1.55. The fourth-order valence-corrected chi connectivity index (χ4v) is 2.16. The van der Waals surface area contributed by atoms with E-state index in [1.165, 1.54) is 25.7 Å². The maximum absolute atomic E-state index is 11.6. The number of methoxy groups -OCH3 is 1. The molecule has 0 bridgehead atoms. The van der Waals surface area contributed by atoms with Gasteiger partial charge in [0.1, 0.15) is 6.04 Å². The van der Waals surface area contributed by atoms with Crippen LogP contribution in [0.25, 0.3) is 0 Å². The summed E-state index contributed by atoms with van der Waals surface area (Å²) in [4.78, 5) is 11.6. The summed E-state index contributed by atoms with van der Waals surface area (Å²) in [5.41, 5.74) is 5.64. The van der Waals surface area contributed by atoms with Gasteiger partial charge in [0, 0.05) is 13.2 Å². The SMILES string of the molecule is COCC(N)C(=O)N[C@H](C)C1CCCC1. The van der Waals surface area contributed by atoms with Crippen LogP contribution in [0.1, 0.15) is 32.6 Å². The minimum Gasteiger partial charge on any atom is -0.383 e. The minimum atomic E-state index is -0.543. The number of nitrogens with two attached hydrogens (primary N) is 1. The van der Waals surface area contributed by atoms with Crippen molar-refractivity contribution in [1.82, 2.24) is 5.32 Å². The molecule has 0 saturated heterocycles. The van der Waals surface area contributed by atoms with Gasteiger partial charge in [0.05, 0.1) is 6.61 Å². The second-order valence-corrected chi connectivity index (χ2v) is 4.40. The zero-order valence-electron chi connectivity index (χ0n) is 9.66. The van der Waals surface area contributed by atoms with Crippen molar-refractivity contribution in [2.45, 2.75) is 44.7 Å². The minimum absolute atomic E-state index is 0.101. The maximum atomic E-state index is 11.6. The van der Waals surface area contributed by atoms with Gasteiger partial charge >= 0.3 is 0 Å². The van der Waals surface area contributed by atoms with E-state index >= 15 is 0 Å². The molecule has 15 heavy (non-hydrogen) atoms. The summed E-state index contributed by atoms with van der Waals surface area (Å²) in [6, 6.07) is -0.304. The van der Waals surface area contributed by atoms with Crippen LogP contribution in [0.3, 0.4) is 0 Å². The molecule has 0 radical (unpaired) electrons. The third-order valence-corrected chi connectivity index (χ3v) is 3.16. The van der Waals surface area contributed by atoms with E-state index in [1.807, 2.05) is 0 Å². The summed E-state index contributed by atoms with van der Waals surface area (Å²) in [5, 5.41) is 2.96. The van der Waals surface area contributed by atoms with E-state index in [1.54, 1.807) is 7.11 Å². The van der Waals surface area contributed by atoms with E-state index in [2.05, 4.69) is 12.2 Å². The second-order valence-electron chi connectivity index (χ2n) is 4.40. The third kappa shape index (κ3) is 3.80. The van der Waals surface area contributed by atoms with Gasteiger partial charge in [-0.05, 0) is 25.7 Å². The van der Waals surface area contributed by atoms with E-state index in [-0.39, 0.29) is 18.6 Å². The van der Waals surface area contributed by atoms with E-state index in [0.29, 0.717) is 5.92 Å². The number of hydrogen-bond acceptors (Lipinski definition) is 3. The normalized spacial score (nSPS) is 21.3. The van der Waals surface area contributed by atoms with Crippen LogP contribution < -0.4 is 11.1 Å². The number of carbonyl (C=O) groups excluding carboxylic acids is 1. The van der Waals surface area contributed by atoms with Crippen molar-refractivity contribution < 1.29 is 9.53 Å². The Balaban J connectivity index is 2.29. The molecular formula is C11H22N2O2. The predicted molar refractivity (Wildman–Crippen MR) is 59.4 cm³/mol. The Morgan fingerprint density at radius 2 is 2.13 bits per heavy atom. The lowest BCUT2D eigenvalue weighted by Crippen LogP contribution is -2.48. The van der Waals surface area contributed by atoms with Crippen LogP contribution in [-0.2, 0) is 9.53 Å². The molecule has 0 aromatic carbocycles. The summed E-state index contributed by atoms with van der Waals surface area (Å²) < 4.78 is 4.85. The molecule has 4 nitrogen and oxygen atoms in total. The highest BCUT2D eigenvalue weighted by Crippen LogP contribution is 2.27. The molecule has 0 spiro atoms. The molecule has 4 heteroatoms. The lowest BCUT2D eigenvalue weighted by atomic mass is 9.99. The highest BCUT2D eigenvalue weighted by Gasteiger charge is 2.24. The molecule has 1 aliphatic carbocycles. The first-order valence-corrected chi connectivity index (χ1v) is 5.70. The van der Waals surface area contributed by atoms with Crippen LogP contribution in [-0.4, -0.2) is 31.7 Å². The number of amides is 1. The van der Waals surface area contributed by atoms with Crippen LogP contribution in [0.4, 0.5) is 0 Å². The lowest BCUT2D eigenvalue weighted by Gasteiger charge is -2.22. The van der Waals surface area contributed by atoms with Crippen molar-refractivity contribution in [2.75, 3.05) is 13.7 Å². The van der Waals surface area contributed by atoms with Gasteiger partial charge in [-0.1, -0.05) is 12.8 Å². The summed E-state index contributed by atoms with van der Waals surface area (Å²) in [6.45, 7) is 2.34. The van der Waals surface area contributed by atoms with Crippen LogP contribution in [0.5, 0.6) is 0 Å². The van der Waals surface area contributed by atoms with Crippen LogP contribution in [0.15, 0.2) is 0 Å². The van der Waals surface area contributed by atoms with E-state index < -0.39 is 6.04 Å². The first-order valence-electron chi connectivity index (χ1n) is 5.70. The van der Waals surface area contributed by atoms with Crippen molar-refractivity contribution in [2.24, 2.45) is 11.7 Å². The molecule has 1 amide bonds. The largest absolute Gasteiger partial charge is 0.383 e. The Kier molecular flexibility index (Phi) is 5.05.